The molecule has 0 bridgehead atoms. The van der Waals surface area contributed by atoms with Crippen LogP contribution in [0.5, 0.6) is 0 Å². The van der Waals surface area contributed by atoms with Crippen LogP contribution in [0.2, 0.25) is 0 Å². The van der Waals surface area contributed by atoms with Gasteiger partial charge in [0.15, 0.2) is 0 Å². The lowest BCUT2D eigenvalue weighted by Gasteiger charge is -2.10. The maximum Gasteiger partial charge on any atom is 0.240 e. The zero-order valence-electron chi connectivity index (χ0n) is 14.3. The lowest BCUT2D eigenvalue weighted by molar-refractivity contribution is 0.577. The van der Waals surface area contributed by atoms with Crippen LogP contribution in [0.15, 0.2) is 47.4 Å². The summed E-state index contributed by atoms with van der Waals surface area (Å²) in [7, 11) is -3.56. The van der Waals surface area contributed by atoms with Crippen LogP contribution in [-0.2, 0) is 16.4 Å². The molecule has 0 aliphatic heterocycles. The molecule has 0 unspecified atom stereocenters. The van der Waals surface area contributed by atoms with Crippen molar-refractivity contribution in [2.75, 3.05) is 6.54 Å². The summed E-state index contributed by atoms with van der Waals surface area (Å²) in [5, 5.41) is 9.47. The van der Waals surface area contributed by atoms with Gasteiger partial charge in [0, 0.05) is 6.54 Å². The van der Waals surface area contributed by atoms with Gasteiger partial charge in [-0.25, -0.2) is 13.1 Å². The van der Waals surface area contributed by atoms with Gasteiger partial charge in [-0.1, -0.05) is 43.7 Å². The highest BCUT2D eigenvalue weighted by Crippen LogP contribution is 2.29. The minimum Gasteiger partial charge on any atom is -0.211 e. The quantitative estimate of drug-likeness (QED) is 0.820. The fourth-order valence-corrected chi connectivity index (χ4v) is 3.95. The largest absolute Gasteiger partial charge is 0.240 e. The number of nitriles is 1. The van der Waals surface area contributed by atoms with E-state index in [0.29, 0.717) is 18.0 Å². The van der Waals surface area contributed by atoms with Crippen molar-refractivity contribution in [1.82, 2.24) is 4.72 Å². The van der Waals surface area contributed by atoms with Crippen molar-refractivity contribution in [1.29, 1.82) is 5.26 Å². The van der Waals surface area contributed by atoms with E-state index in [1.165, 1.54) is 11.6 Å². The average molecular weight is 354 g/mol. The summed E-state index contributed by atoms with van der Waals surface area (Å²) in [4.78, 5) is 0.149. The molecule has 3 rings (SSSR count). The lowest BCUT2D eigenvalue weighted by atomic mass is 9.98. The van der Waals surface area contributed by atoms with Crippen LogP contribution >= 0.6 is 0 Å². The Bertz CT molecular complexity index is 892. The molecule has 0 atom stereocenters. The fourth-order valence-electron chi connectivity index (χ4n) is 2.81. The molecular formula is C20H22N2O2S. The monoisotopic (exact) mass is 354 g/mol. The highest BCUT2D eigenvalue weighted by molar-refractivity contribution is 7.89. The number of nitrogens with one attached hydrogen (secondary N) is 1. The number of hydrogen-bond acceptors (Lipinski definition) is 3. The first-order chi connectivity index (χ1) is 12.0. The molecule has 4 nitrogen and oxygen atoms in total. The number of hydrogen-bond donors (Lipinski definition) is 1. The zero-order valence-corrected chi connectivity index (χ0v) is 15.1. The van der Waals surface area contributed by atoms with E-state index in [2.05, 4.69) is 29.8 Å². The van der Waals surface area contributed by atoms with E-state index in [-0.39, 0.29) is 4.90 Å². The molecule has 25 heavy (non-hydrogen) atoms. The van der Waals surface area contributed by atoms with Crippen molar-refractivity contribution in [3.63, 3.8) is 0 Å². The van der Waals surface area contributed by atoms with Gasteiger partial charge in [0.05, 0.1) is 16.5 Å². The first-order valence-corrected chi connectivity index (χ1v) is 10.1. The topological polar surface area (TPSA) is 70.0 Å². The molecule has 1 saturated carbocycles. The van der Waals surface area contributed by atoms with Gasteiger partial charge in [0.1, 0.15) is 0 Å². The third-order valence-corrected chi connectivity index (χ3v) is 5.91. The molecule has 0 aromatic heterocycles. The van der Waals surface area contributed by atoms with Gasteiger partial charge < -0.3 is 0 Å². The molecule has 0 spiro atoms. The van der Waals surface area contributed by atoms with Crippen LogP contribution in [0.25, 0.3) is 11.1 Å². The second-order valence-corrected chi connectivity index (χ2v) is 8.33. The van der Waals surface area contributed by atoms with Crippen LogP contribution in [0.4, 0.5) is 0 Å². The van der Waals surface area contributed by atoms with Crippen molar-refractivity contribution in [2.24, 2.45) is 5.92 Å². The average Bonchev–Trinajstić information content (AvgIpc) is 3.45. The smallest absolute Gasteiger partial charge is 0.211 e. The third kappa shape index (κ3) is 4.28. The number of rotatable bonds is 7. The molecule has 0 radical (unpaired) electrons. The number of benzene rings is 2. The van der Waals surface area contributed by atoms with Crippen molar-refractivity contribution >= 4 is 10.0 Å². The van der Waals surface area contributed by atoms with E-state index < -0.39 is 10.0 Å². The lowest BCUT2D eigenvalue weighted by Crippen LogP contribution is -2.25. The normalized spacial score (nSPS) is 14.2. The summed E-state index contributed by atoms with van der Waals surface area (Å²) >= 11 is 0. The van der Waals surface area contributed by atoms with E-state index >= 15 is 0 Å². The van der Waals surface area contributed by atoms with E-state index in [1.54, 1.807) is 12.1 Å². The molecule has 5 heteroatoms. The van der Waals surface area contributed by atoms with Crippen LogP contribution in [0.3, 0.4) is 0 Å². The molecule has 130 valence electrons. The van der Waals surface area contributed by atoms with E-state index in [9.17, 15) is 13.7 Å². The molecule has 1 aliphatic carbocycles. The van der Waals surface area contributed by atoms with Crippen LogP contribution in [-0.4, -0.2) is 15.0 Å². The predicted molar refractivity (Wildman–Crippen MR) is 98.5 cm³/mol. The maximum atomic E-state index is 12.4. The molecule has 1 N–H and O–H groups in total. The predicted octanol–water partition coefficient (Wildman–Crippen LogP) is 3.87. The van der Waals surface area contributed by atoms with Crippen LogP contribution in [0, 0.1) is 17.2 Å². The Hall–Kier alpha value is -2.16. The number of nitrogens with zero attached hydrogens (tertiary/aromatic N) is 1. The molecule has 0 amide bonds. The molecule has 0 saturated heterocycles. The summed E-state index contributed by atoms with van der Waals surface area (Å²) in [5.74, 6) is 0.464. The summed E-state index contributed by atoms with van der Waals surface area (Å²) in [6, 6.07) is 15.0. The van der Waals surface area contributed by atoms with Gasteiger partial charge in [-0.05, 0) is 54.0 Å². The molecule has 1 fully saturated rings. The Labute approximate surface area is 149 Å². The Balaban J connectivity index is 1.87. The summed E-state index contributed by atoms with van der Waals surface area (Å²) < 4.78 is 27.4. The Kier molecular flexibility index (Phi) is 5.22. The van der Waals surface area contributed by atoms with Gasteiger partial charge in [-0.2, -0.15) is 5.26 Å². The molecule has 2 aromatic carbocycles. The number of aryl methyl sites for hydroxylation is 1. The van der Waals surface area contributed by atoms with Crippen LogP contribution in [0.1, 0.15) is 37.3 Å². The van der Waals surface area contributed by atoms with Crippen molar-refractivity contribution in [3.8, 4) is 17.2 Å². The molecule has 2 aromatic rings. The molecule has 1 aliphatic rings. The highest BCUT2D eigenvalue weighted by atomic mass is 32.2. The van der Waals surface area contributed by atoms with Gasteiger partial charge in [0.25, 0.3) is 0 Å². The molecule has 0 heterocycles. The maximum absolute atomic E-state index is 12.4. The first-order valence-electron chi connectivity index (χ1n) is 8.66. The van der Waals surface area contributed by atoms with Gasteiger partial charge in [-0.3, -0.25) is 0 Å². The van der Waals surface area contributed by atoms with Crippen LogP contribution < -0.4 is 4.72 Å². The highest BCUT2D eigenvalue weighted by Gasteiger charge is 2.24. The van der Waals surface area contributed by atoms with E-state index in [1.807, 2.05) is 12.1 Å². The van der Waals surface area contributed by atoms with E-state index in [0.717, 1.165) is 36.8 Å². The van der Waals surface area contributed by atoms with Gasteiger partial charge >= 0.3 is 0 Å². The molecular weight excluding hydrogens is 332 g/mol. The van der Waals surface area contributed by atoms with Crippen molar-refractivity contribution in [2.45, 2.75) is 37.5 Å². The zero-order chi connectivity index (χ0) is 17.9. The second kappa shape index (κ2) is 7.38. The minimum absolute atomic E-state index is 0.149. The summed E-state index contributed by atoms with van der Waals surface area (Å²) in [6.45, 7) is 2.61. The minimum atomic E-state index is -3.56. The van der Waals surface area contributed by atoms with Crippen molar-refractivity contribution in [3.05, 3.63) is 53.6 Å². The standard InChI is InChI=1S/C20H22N2O2S/c1-2-3-15-6-8-17(9-7-15)20-11-10-19(12-18(20)13-21)25(23,24)22-14-16-4-5-16/h6-12,16,22H,2-5,14H2,1H3. The first kappa shape index (κ1) is 17.7. The van der Waals surface area contributed by atoms with Gasteiger partial charge in [0.2, 0.25) is 10.0 Å². The van der Waals surface area contributed by atoms with Crippen molar-refractivity contribution < 1.29 is 8.42 Å². The summed E-state index contributed by atoms with van der Waals surface area (Å²) in [6.07, 6.45) is 4.27. The fraction of sp³-hybridized carbons (Fsp3) is 0.350. The second-order valence-electron chi connectivity index (χ2n) is 6.56. The Morgan fingerprint density at radius 2 is 1.88 bits per heavy atom. The van der Waals surface area contributed by atoms with E-state index in [4.69, 9.17) is 0 Å². The Morgan fingerprint density at radius 3 is 2.48 bits per heavy atom. The number of sulfonamides is 1. The SMILES string of the molecule is CCCc1ccc(-c2ccc(S(=O)(=O)NCC3CC3)cc2C#N)cc1. The Morgan fingerprint density at radius 1 is 1.16 bits per heavy atom. The van der Waals surface area contributed by atoms with Gasteiger partial charge in [-0.15, -0.1) is 0 Å². The summed E-state index contributed by atoms with van der Waals surface area (Å²) in [5.41, 5.74) is 3.31. The third-order valence-electron chi connectivity index (χ3n) is 4.48.